The highest BCUT2D eigenvalue weighted by Gasteiger charge is 2.43. The van der Waals surface area contributed by atoms with Crippen LogP contribution >= 0.6 is 0 Å². The van der Waals surface area contributed by atoms with E-state index < -0.39 is 36.8 Å². The Morgan fingerprint density at radius 3 is 2.63 bits per heavy atom. The highest BCUT2D eigenvalue weighted by Crippen LogP contribution is 2.28. The van der Waals surface area contributed by atoms with Crippen LogP contribution in [0, 0.1) is 0 Å². The van der Waals surface area contributed by atoms with Gasteiger partial charge in [-0.05, 0) is 24.5 Å². The lowest BCUT2D eigenvalue weighted by Gasteiger charge is -2.16. The summed E-state index contributed by atoms with van der Waals surface area (Å²) in [6.45, 7) is -0.451. The van der Waals surface area contributed by atoms with Gasteiger partial charge in [-0.1, -0.05) is 30.3 Å². The molecule has 4 atom stereocenters. The molecule has 1 saturated heterocycles. The third kappa shape index (κ3) is 3.40. The predicted octanol–water partition coefficient (Wildman–Crippen LogP) is 0.121. The van der Waals surface area contributed by atoms with Crippen LogP contribution < -0.4 is 5.69 Å². The molecule has 0 radical (unpaired) electrons. The topological polar surface area (TPSA) is 121 Å². The molecule has 0 saturated carbocycles. The largest absolute Gasteiger partial charge is 0.394 e. The van der Waals surface area contributed by atoms with Crippen LogP contribution in [-0.2, 0) is 17.6 Å². The number of aryl methyl sites for hydroxylation is 2. The first kappa shape index (κ1) is 17.9. The van der Waals surface area contributed by atoms with Gasteiger partial charge in [-0.3, -0.25) is 4.57 Å². The summed E-state index contributed by atoms with van der Waals surface area (Å²) in [6.07, 6.45) is -1.46. The molecule has 3 aromatic rings. The van der Waals surface area contributed by atoms with Crippen molar-refractivity contribution in [3.63, 3.8) is 0 Å². The number of aliphatic hydroxyl groups excluding tert-OH is 3. The van der Waals surface area contributed by atoms with E-state index in [4.69, 9.17) is 4.74 Å². The highest BCUT2D eigenvalue weighted by atomic mass is 16.6. The summed E-state index contributed by atoms with van der Waals surface area (Å²) in [5, 5.41) is 30.0. The summed E-state index contributed by atoms with van der Waals surface area (Å²) < 4.78 is 6.58. The number of aromatic amines is 1. The molecule has 4 rings (SSSR count). The van der Waals surface area contributed by atoms with Gasteiger partial charge in [0.2, 0.25) is 0 Å². The zero-order chi connectivity index (χ0) is 19.0. The maximum absolute atomic E-state index is 12.4. The fourth-order valence-electron chi connectivity index (χ4n) is 3.42. The van der Waals surface area contributed by atoms with Crippen molar-refractivity contribution in [2.75, 3.05) is 6.61 Å². The maximum atomic E-state index is 12.4. The number of ether oxygens (including phenoxy) is 1. The number of hydrogen-bond acceptors (Lipinski definition) is 6. The molecule has 0 spiro atoms. The highest BCUT2D eigenvalue weighted by molar-refractivity contribution is 5.75. The van der Waals surface area contributed by atoms with Crippen LogP contribution in [0.5, 0.6) is 0 Å². The van der Waals surface area contributed by atoms with Crippen molar-refractivity contribution in [3.8, 4) is 0 Å². The van der Waals surface area contributed by atoms with Crippen LogP contribution in [0.15, 0.2) is 47.4 Å². The van der Waals surface area contributed by atoms with E-state index in [1.807, 2.05) is 24.3 Å². The van der Waals surface area contributed by atoms with E-state index in [1.165, 1.54) is 5.56 Å². The molecule has 2 aromatic heterocycles. The second-order valence-corrected chi connectivity index (χ2v) is 6.74. The predicted molar refractivity (Wildman–Crippen MR) is 97.2 cm³/mol. The molecule has 4 N–H and O–H groups in total. The Morgan fingerprint density at radius 2 is 1.93 bits per heavy atom. The van der Waals surface area contributed by atoms with Gasteiger partial charge in [-0.25, -0.2) is 4.79 Å². The zero-order valence-corrected chi connectivity index (χ0v) is 14.5. The van der Waals surface area contributed by atoms with Crippen LogP contribution in [-0.4, -0.2) is 54.8 Å². The standard InChI is InChI=1S/C19H21N3O5/c23-10-14-15(24)16(25)18(27-14)22-9-12-8-13(20-17(12)21-19(22)26)7-6-11-4-2-1-3-5-11/h1-5,8-9,14-16,18,23-25H,6-7,10H2,(H,20,21,26)/t14-,15-,16+,18-/m1/s1. The molecular weight excluding hydrogens is 350 g/mol. The number of hydrogen-bond donors (Lipinski definition) is 4. The average molecular weight is 371 g/mol. The Bertz CT molecular complexity index is 984. The van der Waals surface area contributed by atoms with Crippen molar-refractivity contribution >= 4 is 11.0 Å². The van der Waals surface area contributed by atoms with Crippen molar-refractivity contribution in [2.45, 2.75) is 37.4 Å². The Kier molecular flexibility index (Phi) is 4.79. The Balaban J connectivity index is 1.59. The lowest BCUT2D eigenvalue weighted by atomic mass is 10.1. The zero-order valence-electron chi connectivity index (χ0n) is 14.5. The molecule has 1 aliphatic heterocycles. The summed E-state index contributed by atoms with van der Waals surface area (Å²) in [5.41, 5.74) is 2.02. The van der Waals surface area contributed by atoms with E-state index in [1.54, 1.807) is 6.20 Å². The van der Waals surface area contributed by atoms with Crippen molar-refractivity contribution in [1.82, 2.24) is 14.5 Å². The molecule has 27 heavy (non-hydrogen) atoms. The van der Waals surface area contributed by atoms with Crippen molar-refractivity contribution in [1.29, 1.82) is 0 Å². The van der Waals surface area contributed by atoms with Crippen molar-refractivity contribution in [3.05, 3.63) is 64.3 Å². The lowest BCUT2D eigenvalue weighted by Crippen LogP contribution is -2.35. The van der Waals surface area contributed by atoms with Gasteiger partial charge in [-0.2, -0.15) is 4.98 Å². The summed E-state index contributed by atoms with van der Waals surface area (Å²) in [6, 6.07) is 12.0. The molecule has 0 aliphatic carbocycles. The van der Waals surface area contributed by atoms with E-state index in [9.17, 15) is 20.1 Å². The number of benzene rings is 1. The molecule has 142 valence electrons. The number of aromatic nitrogens is 3. The minimum atomic E-state index is -1.32. The first-order valence-corrected chi connectivity index (χ1v) is 8.84. The maximum Gasteiger partial charge on any atom is 0.351 e. The van der Waals surface area contributed by atoms with Crippen LogP contribution in [0.3, 0.4) is 0 Å². The number of nitrogens with zero attached hydrogens (tertiary/aromatic N) is 2. The molecular formula is C19H21N3O5. The molecule has 8 nitrogen and oxygen atoms in total. The summed E-state index contributed by atoms with van der Waals surface area (Å²) in [7, 11) is 0. The first-order chi connectivity index (χ1) is 13.1. The molecule has 3 heterocycles. The average Bonchev–Trinajstić information content (AvgIpc) is 3.20. The van der Waals surface area contributed by atoms with E-state index in [-0.39, 0.29) is 0 Å². The smallest absolute Gasteiger partial charge is 0.351 e. The minimum absolute atomic E-state index is 0.451. The normalized spacial score (nSPS) is 25.3. The third-order valence-electron chi connectivity index (χ3n) is 4.91. The fraction of sp³-hybridized carbons (Fsp3) is 0.368. The van der Waals surface area contributed by atoms with Crippen molar-refractivity contribution in [2.24, 2.45) is 0 Å². The molecule has 1 aliphatic rings. The molecule has 1 fully saturated rings. The molecule has 0 unspecified atom stereocenters. The second kappa shape index (κ2) is 7.24. The Hall–Kier alpha value is -2.52. The van der Waals surface area contributed by atoms with Gasteiger partial charge in [-0.15, -0.1) is 0 Å². The van der Waals surface area contributed by atoms with Crippen LogP contribution in [0.25, 0.3) is 11.0 Å². The number of rotatable bonds is 5. The Labute approximate surface area is 154 Å². The Morgan fingerprint density at radius 1 is 1.15 bits per heavy atom. The second-order valence-electron chi connectivity index (χ2n) is 6.74. The van der Waals surface area contributed by atoms with E-state index in [0.29, 0.717) is 11.0 Å². The van der Waals surface area contributed by atoms with Gasteiger partial charge in [0.05, 0.1) is 6.61 Å². The number of H-pyrrole nitrogens is 1. The lowest BCUT2D eigenvalue weighted by molar-refractivity contribution is -0.0547. The third-order valence-corrected chi connectivity index (χ3v) is 4.91. The van der Waals surface area contributed by atoms with Crippen LogP contribution in [0.4, 0.5) is 0 Å². The quantitative estimate of drug-likeness (QED) is 0.506. The molecule has 0 bridgehead atoms. The molecule has 8 heteroatoms. The summed E-state index contributed by atoms with van der Waals surface area (Å²) in [4.78, 5) is 19.5. The minimum Gasteiger partial charge on any atom is -0.394 e. The molecule has 1 aromatic carbocycles. The van der Waals surface area contributed by atoms with Gasteiger partial charge in [0.25, 0.3) is 0 Å². The number of fused-ring (bicyclic) bond motifs is 1. The van der Waals surface area contributed by atoms with Crippen LogP contribution in [0.1, 0.15) is 17.5 Å². The first-order valence-electron chi connectivity index (χ1n) is 8.84. The van der Waals surface area contributed by atoms with Gasteiger partial charge in [0.1, 0.15) is 24.0 Å². The van der Waals surface area contributed by atoms with Crippen LogP contribution in [0.2, 0.25) is 0 Å². The van der Waals surface area contributed by atoms with E-state index >= 15 is 0 Å². The number of nitrogens with one attached hydrogen (secondary N) is 1. The van der Waals surface area contributed by atoms with Crippen molar-refractivity contribution < 1.29 is 20.1 Å². The summed E-state index contributed by atoms with van der Waals surface area (Å²) in [5.74, 6) is 0. The fourth-order valence-corrected chi connectivity index (χ4v) is 3.42. The van der Waals surface area contributed by atoms with E-state index in [2.05, 4.69) is 22.1 Å². The monoisotopic (exact) mass is 371 g/mol. The van der Waals surface area contributed by atoms with E-state index in [0.717, 1.165) is 23.1 Å². The summed E-state index contributed by atoms with van der Waals surface area (Å²) >= 11 is 0. The SMILES string of the molecule is O=c1nc2[nH]c(CCc3ccccc3)cc2cn1[C@@H]1O[C@H](CO)[C@@H](O)[C@@H]1O. The van der Waals surface area contributed by atoms with Gasteiger partial charge >= 0.3 is 5.69 Å². The van der Waals surface area contributed by atoms with Gasteiger partial charge in [0, 0.05) is 17.3 Å². The van der Waals surface area contributed by atoms with Gasteiger partial charge in [0.15, 0.2) is 6.23 Å². The van der Waals surface area contributed by atoms with Gasteiger partial charge < -0.3 is 25.0 Å². The molecule has 0 amide bonds. The number of aliphatic hydroxyl groups is 3.